The first-order valence-corrected chi connectivity index (χ1v) is 8.94. The predicted octanol–water partition coefficient (Wildman–Crippen LogP) is 2.08. The lowest BCUT2D eigenvalue weighted by Gasteiger charge is -2.14. The third-order valence-electron chi connectivity index (χ3n) is 3.84. The lowest BCUT2D eigenvalue weighted by molar-refractivity contribution is 0.0954. The molecule has 2 rings (SSSR count). The van der Waals surface area contributed by atoms with Crippen molar-refractivity contribution < 1.29 is 19.0 Å². The van der Waals surface area contributed by atoms with E-state index in [1.54, 1.807) is 12.1 Å². The molecule has 0 bridgehead atoms. The maximum atomic E-state index is 12.5. The van der Waals surface area contributed by atoms with Crippen LogP contribution in [0, 0.1) is 6.92 Å². The molecule has 0 spiro atoms. The van der Waals surface area contributed by atoms with E-state index in [4.69, 9.17) is 14.2 Å². The SMILES string of the molecule is CCNc1cc(NCCNC(=O)c2cc(OC)c(OC)c(OC)c2)nc(C)n1. The van der Waals surface area contributed by atoms with Crippen molar-refractivity contribution in [3.63, 3.8) is 0 Å². The monoisotopic (exact) mass is 389 g/mol. The van der Waals surface area contributed by atoms with Gasteiger partial charge in [0.15, 0.2) is 11.5 Å². The van der Waals surface area contributed by atoms with Gasteiger partial charge >= 0.3 is 0 Å². The normalized spacial score (nSPS) is 10.2. The molecule has 0 aliphatic rings. The first-order chi connectivity index (χ1) is 13.5. The third-order valence-corrected chi connectivity index (χ3v) is 3.84. The zero-order valence-electron chi connectivity index (χ0n) is 16.9. The predicted molar refractivity (Wildman–Crippen MR) is 108 cm³/mol. The quantitative estimate of drug-likeness (QED) is 0.530. The summed E-state index contributed by atoms with van der Waals surface area (Å²) >= 11 is 0. The maximum Gasteiger partial charge on any atom is 0.251 e. The summed E-state index contributed by atoms with van der Waals surface area (Å²) in [4.78, 5) is 21.1. The minimum atomic E-state index is -0.242. The van der Waals surface area contributed by atoms with Crippen LogP contribution in [0.25, 0.3) is 0 Å². The fraction of sp³-hybridized carbons (Fsp3) is 0.421. The molecule has 0 saturated carbocycles. The molecule has 1 amide bonds. The number of amides is 1. The van der Waals surface area contributed by atoms with Gasteiger partial charge in [-0.05, 0) is 26.0 Å². The number of rotatable bonds is 10. The van der Waals surface area contributed by atoms with E-state index in [1.807, 2.05) is 19.9 Å². The fourth-order valence-electron chi connectivity index (χ4n) is 2.61. The average molecular weight is 389 g/mol. The number of hydrogen-bond acceptors (Lipinski definition) is 8. The molecule has 3 N–H and O–H groups in total. The molecule has 28 heavy (non-hydrogen) atoms. The standard InChI is InChI=1S/C19H27N5O4/c1-6-20-16-11-17(24-12(2)23-16)21-7-8-22-19(25)13-9-14(26-3)18(28-5)15(10-13)27-4/h9-11H,6-8H2,1-5H3,(H,22,25)(H2,20,21,23,24). The van der Waals surface area contributed by atoms with Crippen LogP contribution in [-0.4, -0.2) is 56.8 Å². The molecule has 152 valence electrons. The molecule has 1 heterocycles. The maximum absolute atomic E-state index is 12.5. The summed E-state index contributed by atoms with van der Waals surface area (Å²) in [6, 6.07) is 5.05. The van der Waals surface area contributed by atoms with Crippen LogP contribution < -0.4 is 30.2 Å². The molecule has 0 unspecified atom stereocenters. The summed E-state index contributed by atoms with van der Waals surface area (Å²) in [5.41, 5.74) is 0.418. The molecule has 1 aromatic heterocycles. The highest BCUT2D eigenvalue weighted by Gasteiger charge is 2.16. The molecule has 9 heteroatoms. The Hall–Kier alpha value is -3.23. The largest absolute Gasteiger partial charge is 0.493 e. The van der Waals surface area contributed by atoms with Crippen LogP contribution in [0.2, 0.25) is 0 Å². The van der Waals surface area contributed by atoms with Crippen molar-refractivity contribution in [2.45, 2.75) is 13.8 Å². The summed E-state index contributed by atoms with van der Waals surface area (Å²) in [5, 5.41) is 9.19. The Bertz CT molecular complexity index is 788. The van der Waals surface area contributed by atoms with Crippen molar-refractivity contribution in [2.75, 3.05) is 51.6 Å². The van der Waals surface area contributed by atoms with Crippen LogP contribution in [0.15, 0.2) is 18.2 Å². The van der Waals surface area contributed by atoms with Crippen molar-refractivity contribution in [2.24, 2.45) is 0 Å². The first kappa shape index (κ1) is 21.1. The Labute approximate surface area is 164 Å². The van der Waals surface area contributed by atoms with Crippen LogP contribution in [0.3, 0.4) is 0 Å². The van der Waals surface area contributed by atoms with Gasteiger partial charge in [-0.3, -0.25) is 4.79 Å². The first-order valence-electron chi connectivity index (χ1n) is 8.94. The Morgan fingerprint density at radius 3 is 2.07 bits per heavy atom. The minimum absolute atomic E-state index is 0.242. The summed E-state index contributed by atoms with van der Waals surface area (Å²) in [6.45, 7) is 5.54. The van der Waals surface area contributed by atoms with Crippen molar-refractivity contribution >= 4 is 17.5 Å². The van der Waals surface area contributed by atoms with Gasteiger partial charge < -0.3 is 30.2 Å². The van der Waals surface area contributed by atoms with Crippen molar-refractivity contribution in [3.8, 4) is 17.2 Å². The van der Waals surface area contributed by atoms with Crippen molar-refractivity contribution in [1.82, 2.24) is 15.3 Å². The topological polar surface area (TPSA) is 107 Å². The van der Waals surface area contributed by atoms with Gasteiger partial charge in [-0.1, -0.05) is 0 Å². The zero-order valence-corrected chi connectivity index (χ0v) is 16.9. The van der Waals surface area contributed by atoms with Crippen LogP contribution >= 0.6 is 0 Å². The van der Waals surface area contributed by atoms with Gasteiger partial charge in [0.25, 0.3) is 5.91 Å². The second-order valence-electron chi connectivity index (χ2n) is 5.81. The second kappa shape index (κ2) is 10.2. The van der Waals surface area contributed by atoms with Crippen molar-refractivity contribution in [1.29, 1.82) is 0 Å². The molecule has 2 aromatic rings. The Morgan fingerprint density at radius 1 is 0.929 bits per heavy atom. The number of carbonyl (C=O) groups is 1. The molecule has 0 fully saturated rings. The number of carbonyl (C=O) groups excluding carboxylic acids is 1. The number of hydrogen-bond donors (Lipinski definition) is 3. The average Bonchev–Trinajstić information content (AvgIpc) is 2.69. The van der Waals surface area contributed by atoms with Gasteiger partial charge in [0.05, 0.1) is 21.3 Å². The van der Waals surface area contributed by atoms with E-state index in [-0.39, 0.29) is 5.91 Å². The summed E-state index contributed by atoms with van der Waals surface area (Å²) in [6.07, 6.45) is 0. The van der Waals surface area contributed by atoms with Gasteiger partial charge in [-0.2, -0.15) is 0 Å². The van der Waals surface area contributed by atoms with Crippen LogP contribution in [0.1, 0.15) is 23.1 Å². The van der Waals surface area contributed by atoms with Crippen LogP contribution in [-0.2, 0) is 0 Å². The molecular weight excluding hydrogens is 362 g/mol. The molecule has 1 aromatic carbocycles. The number of anilines is 2. The summed E-state index contributed by atoms with van der Waals surface area (Å²) < 4.78 is 15.8. The second-order valence-corrected chi connectivity index (χ2v) is 5.81. The van der Waals surface area contributed by atoms with Crippen molar-refractivity contribution in [3.05, 3.63) is 29.6 Å². The molecule has 0 atom stereocenters. The van der Waals surface area contributed by atoms with E-state index in [9.17, 15) is 4.79 Å². The zero-order chi connectivity index (χ0) is 20.5. The van der Waals surface area contributed by atoms with Crippen LogP contribution in [0.5, 0.6) is 17.2 Å². The Balaban J connectivity index is 1.96. The fourth-order valence-corrected chi connectivity index (χ4v) is 2.61. The van der Waals surface area contributed by atoms with E-state index >= 15 is 0 Å². The minimum Gasteiger partial charge on any atom is -0.493 e. The van der Waals surface area contributed by atoms with E-state index in [0.29, 0.717) is 47.5 Å². The molecule has 0 aliphatic carbocycles. The number of aryl methyl sites for hydroxylation is 1. The molecular formula is C19H27N5O4. The van der Waals surface area contributed by atoms with E-state index in [0.717, 1.165) is 12.4 Å². The number of aromatic nitrogens is 2. The molecule has 0 aliphatic heterocycles. The van der Waals surface area contributed by atoms with E-state index in [2.05, 4.69) is 25.9 Å². The highest BCUT2D eigenvalue weighted by molar-refractivity contribution is 5.95. The summed E-state index contributed by atoms with van der Waals surface area (Å²) in [7, 11) is 4.53. The lowest BCUT2D eigenvalue weighted by Crippen LogP contribution is -2.29. The van der Waals surface area contributed by atoms with Gasteiger partial charge in [0, 0.05) is 31.3 Å². The van der Waals surface area contributed by atoms with Gasteiger partial charge in [-0.15, -0.1) is 0 Å². The number of benzene rings is 1. The highest BCUT2D eigenvalue weighted by atomic mass is 16.5. The Morgan fingerprint density at radius 2 is 1.54 bits per heavy atom. The van der Waals surface area contributed by atoms with Gasteiger partial charge in [-0.25, -0.2) is 9.97 Å². The van der Waals surface area contributed by atoms with Gasteiger partial charge in [0.2, 0.25) is 5.75 Å². The number of nitrogens with zero attached hydrogens (tertiary/aromatic N) is 2. The Kier molecular flexibility index (Phi) is 7.67. The lowest BCUT2D eigenvalue weighted by atomic mass is 10.1. The number of ether oxygens (including phenoxy) is 3. The molecule has 9 nitrogen and oxygen atoms in total. The third kappa shape index (κ3) is 5.38. The van der Waals surface area contributed by atoms with Gasteiger partial charge in [0.1, 0.15) is 17.5 Å². The van der Waals surface area contributed by atoms with Crippen LogP contribution in [0.4, 0.5) is 11.6 Å². The van der Waals surface area contributed by atoms with E-state index < -0.39 is 0 Å². The summed E-state index contributed by atoms with van der Waals surface area (Å²) in [5.74, 6) is 3.19. The number of nitrogens with one attached hydrogen (secondary N) is 3. The molecule has 0 radical (unpaired) electrons. The highest BCUT2D eigenvalue weighted by Crippen LogP contribution is 2.38. The molecule has 0 saturated heterocycles. The number of methoxy groups -OCH3 is 3. The smallest absolute Gasteiger partial charge is 0.251 e. The van der Waals surface area contributed by atoms with E-state index in [1.165, 1.54) is 21.3 Å².